The average molecular weight is 321 g/mol. The standard InChI is InChI=1S/C15H19N3O5/c1-4-22-14(20)12-9(2)16-15(21)17-10(12)8-23-13(19)11-6-5-7-18(11)3/h5-7,9H,4,8H2,1-3H3,(H2,16,17,21)/t9-/m0/s1. The van der Waals surface area contributed by atoms with Crippen molar-refractivity contribution in [2.24, 2.45) is 7.05 Å². The Morgan fingerprint density at radius 2 is 2.04 bits per heavy atom. The molecule has 0 saturated carbocycles. The van der Waals surface area contributed by atoms with E-state index >= 15 is 0 Å². The van der Waals surface area contributed by atoms with Gasteiger partial charge in [-0.1, -0.05) is 0 Å². The molecule has 8 nitrogen and oxygen atoms in total. The first kappa shape index (κ1) is 16.6. The number of esters is 2. The number of urea groups is 1. The van der Waals surface area contributed by atoms with E-state index in [0.717, 1.165) is 0 Å². The highest BCUT2D eigenvalue weighted by molar-refractivity contribution is 5.95. The first-order valence-corrected chi connectivity index (χ1v) is 7.20. The molecule has 2 rings (SSSR count). The summed E-state index contributed by atoms with van der Waals surface area (Å²) in [5, 5.41) is 5.07. The van der Waals surface area contributed by atoms with E-state index in [1.165, 1.54) is 0 Å². The number of amides is 2. The van der Waals surface area contributed by atoms with Crippen LogP contribution in [0.3, 0.4) is 0 Å². The number of hydrogen-bond donors (Lipinski definition) is 2. The van der Waals surface area contributed by atoms with E-state index in [9.17, 15) is 14.4 Å². The first-order chi connectivity index (χ1) is 10.9. The molecule has 1 aromatic heterocycles. The molecule has 23 heavy (non-hydrogen) atoms. The van der Waals surface area contributed by atoms with E-state index < -0.39 is 24.0 Å². The van der Waals surface area contributed by atoms with Crippen molar-refractivity contribution in [3.63, 3.8) is 0 Å². The van der Waals surface area contributed by atoms with Gasteiger partial charge in [0.15, 0.2) is 0 Å². The second-order valence-electron chi connectivity index (χ2n) is 5.01. The number of aromatic nitrogens is 1. The Morgan fingerprint density at radius 3 is 2.65 bits per heavy atom. The van der Waals surface area contributed by atoms with Crippen molar-refractivity contribution in [1.29, 1.82) is 0 Å². The van der Waals surface area contributed by atoms with Gasteiger partial charge in [0.25, 0.3) is 0 Å². The van der Waals surface area contributed by atoms with Gasteiger partial charge in [-0.2, -0.15) is 0 Å². The molecule has 0 radical (unpaired) electrons. The largest absolute Gasteiger partial charge is 0.463 e. The summed E-state index contributed by atoms with van der Waals surface area (Å²) < 4.78 is 11.8. The van der Waals surface area contributed by atoms with Gasteiger partial charge in [-0.05, 0) is 26.0 Å². The van der Waals surface area contributed by atoms with Gasteiger partial charge < -0.3 is 24.7 Å². The summed E-state index contributed by atoms with van der Waals surface area (Å²) in [4.78, 5) is 35.6. The fraction of sp³-hybridized carbons (Fsp3) is 0.400. The number of rotatable bonds is 5. The third-order valence-electron chi connectivity index (χ3n) is 3.37. The van der Waals surface area contributed by atoms with E-state index in [-0.39, 0.29) is 24.5 Å². The van der Waals surface area contributed by atoms with Crippen LogP contribution >= 0.6 is 0 Å². The maximum absolute atomic E-state index is 12.0. The minimum atomic E-state index is -0.558. The smallest absolute Gasteiger partial charge is 0.355 e. The molecule has 0 fully saturated rings. The topological polar surface area (TPSA) is 98.7 Å². The molecule has 0 saturated heterocycles. The van der Waals surface area contributed by atoms with Crippen LogP contribution in [0.1, 0.15) is 24.3 Å². The average Bonchev–Trinajstić information content (AvgIpc) is 2.90. The highest BCUT2D eigenvalue weighted by atomic mass is 16.5. The van der Waals surface area contributed by atoms with Crippen molar-refractivity contribution in [3.05, 3.63) is 35.3 Å². The summed E-state index contributed by atoms with van der Waals surface area (Å²) in [6.07, 6.45) is 1.72. The van der Waals surface area contributed by atoms with Crippen LogP contribution in [-0.4, -0.2) is 41.8 Å². The van der Waals surface area contributed by atoms with Crippen LogP contribution < -0.4 is 10.6 Å². The number of ether oxygens (including phenoxy) is 2. The molecule has 8 heteroatoms. The third kappa shape index (κ3) is 3.71. The van der Waals surface area contributed by atoms with Crippen LogP contribution in [0.5, 0.6) is 0 Å². The van der Waals surface area contributed by atoms with Crippen molar-refractivity contribution >= 4 is 18.0 Å². The molecule has 1 aliphatic heterocycles. The number of carbonyl (C=O) groups excluding carboxylic acids is 3. The number of nitrogens with zero attached hydrogens (tertiary/aromatic N) is 1. The molecule has 2 N–H and O–H groups in total. The molecule has 1 aromatic rings. The first-order valence-electron chi connectivity index (χ1n) is 7.20. The molecule has 0 spiro atoms. The molecule has 0 aromatic carbocycles. The summed E-state index contributed by atoms with van der Waals surface area (Å²) in [6.45, 7) is 3.33. The molecule has 0 bridgehead atoms. The molecule has 1 atom stereocenters. The number of aryl methyl sites for hydroxylation is 1. The van der Waals surface area contributed by atoms with E-state index in [0.29, 0.717) is 5.69 Å². The summed E-state index contributed by atoms with van der Waals surface area (Å²) >= 11 is 0. The fourth-order valence-electron chi connectivity index (χ4n) is 2.28. The normalized spacial score (nSPS) is 17.3. The zero-order chi connectivity index (χ0) is 17.0. The summed E-state index contributed by atoms with van der Waals surface area (Å²) in [6, 6.07) is 2.34. The lowest BCUT2D eigenvalue weighted by atomic mass is 10.0. The van der Waals surface area contributed by atoms with Gasteiger partial charge in [0.1, 0.15) is 12.3 Å². The number of nitrogens with one attached hydrogen (secondary N) is 2. The Hall–Kier alpha value is -2.77. The molecule has 0 aliphatic carbocycles. The Labute approximate surface area is 133 Å². The zero-order valence-corrected chi connectivity index (χ0v) is 13.2. The van der Waals surface area contributed by atoms with Gasteiger partial charge >= 0.3 is 18.0 Å². The zero-order valence-electron chi connectivity index (χ0n) is 13.2. The van der Waals surface area contributed by atoms with Crippen molar-refractivity contribution in [3.8, 4) is 0 Å². The van der Waals surface area contributed by atoms with E-state index in [1.807, 2.05) is 0 Å². The van der Waals surface area contributed by atoms with Crippen molar-refractivity contribution in [2.75, 3.05) is 13.2 Å². The summed E-state index contributed by atoms with van der Waals surface area (Å²) in [7, 11) is 1.72. The van der Waals surface area contributed by atoms with E-state index in [4.69, 9.17) is 9.47 Å². The van der Waals surface area contributed by atoms with Crippen LogP contribution in [0.25, 0.3) is 0 Å². The lowest BCUT2D eigenvalue weighted by Crippen LogP contribution is -2.50. The van der Waals surface area contributed by atoms with Gasteiger partial charge in [-0.15, -0.1) is 0 Å². The van der Waals surface area contributed by atoms with Crippen LogP contribution in [0.15, 0.2) is 29.6 Å². The van der Waals surface area contributed by atoms with Gasteiger partial charge in [-0.3, -0.25) is 0 Å². The van der Waals surface area contributed by atoms with Crippen molar-refractivity contribution < 1.29 is 23.9 Å². The Balaban J connectivity index is 2.17. The second-order valence-corrected chi connectivity index (χ2v) is 5.01. The Kier molecular flexibility index (Phi) is 5.05. The summed E-state index contributed by atoms with van der Waals surface area (Å²) in [5.41, 5.74) is 0.838. The van der Waals surface area contributed by atoms with Crippen LogP contribution in [0.4, 0.5) is 4.79 Å². The molecule has 2 heterocycles. The van der Waals surface area contributed by atoms with E-state index in [2.05, 4.69) is 10.6 Å². The van der Waals surface area contributed by atoms with Crippen molar-refractivity contribution in [1.82, 2.24) is 15.2 Å². The summed E-state index contributed by atoms with van der Waals surface area (Å²) in [5.74, 6) is -1.11. The highest BCUT2D eigenvalue weighted by Gasteiger charge is 2.30. The maximum atomic E-state index is 12.0. The molecular formula is C15H19N3O5. The molecule has 2 amide bonds. The second kappa shape index (κ2) is 6.99. The van der Waals surface area contributed by atoms with E-state index in [1.54, 1.807) is 43.8 Å². The molecule has 124 valence electrons. The fourth-order valence-corrected chi connectivity index (χ4v) is 2.28. The minimum Gasteiger partial charge on any atom is -0.463 e. The third-order valence-corrected chi connectivity index (χ3v) is 3.37. The molecule has 0 unspecified atom stereocenters. The van der Waals surface area contributed by atoms with Gasteiger partial charge in [0.05, 0.1) is 23.9 Å². The number of hydrogen-bond acceptors (Lipinski definition) is 5. The minimum absolute atomic E-state index is 0.208. The molecular weight excluding hydrogens is 302 g/mol. The predicted octanol–water partition coefficient (Wildman–Crippen LogP) is 0.700. The van der Waals surface area contributed by atoms with Crippen LogP contribution in [-0.2, 0) is 21.3 Å². The van der Waals surface area contributed by atoms with Crippen LogP contribution in [0.2, 0.25) is 0 Å². The highest BCUT2D eigenvalue weighted by Crippen LogP contribution is 2.15. The van der Waals surface area contributed by atoms with Gasteiger partial charge in [0, 0.05) is 13.2 Å². The monoisotopic (exact) mass is 321 g/mol. The SMILES string of the molecule is CCOC(=O)C1=C(COC(=O)c2cccn2C)NC(=O)N[C@H]1C. The van der Waals surface area contributed by atoms with Crippen LogP contribution in [0, 0.1) is 0 Å². The maximum Gasteiger partial charge on any atom is 0.355 e. The van der Waals surface area contributed by atoms with Gasteiger partial charge in [-0.25, -0.2) is 14.4 Å². The van der Waals surface area contributed by atoms with Gasteiger partial charge in [0.2, 0.25) is 0 Å². The number of carbonyl (C=O) groups is 3. The Bertz CT molecular complexity index is 662. The van der Waals surface area contributed by atoms with Crippen molar-refractivity contribution in [2.45, 2.75) is 19.9 Å². The predicted molar refractivity (Wildman–Crippen MR) is 80.5 cm³/mol. The lowest BCUT2D eigenvalue weighted by molar-refractivity contribution is -0.139. The Morgan fingerprint density at radius 1 is 1.30 bits per heavy atom. The quantitative estimate of drug-likeness (QED) is 0.778. The molecule has 1 aliphatic rings. The lowest BCUT2D eigenvalue weighted by Gasteiger charge is -2.26.